The van der Waals surface area contributed by atoms with Crippen LogP contribution in [-0.4, -0.2) is 79.5 Å². The Morgan fingerprint density at radius 1 is 1.18 bits per heavy atom. The summed E-state index contributed by atoms with van der Waals surface area (Å²) in [7, 11) is 4.20. The van der Waals surface area contributed by atoms with Gasteiger partial charge >= 0.3 is 6.01 Å². The molecule has 0 radical (unpaired) electrons. The standard InChI is InChI=1S/C30H32ClN5O3/c1-35(2)16-30(7-8-30)17-39-29-33-24-13-23(22-12-20(37)11-18-5-3-4-6-21(18)22)26(31)27-25(24)28(34-29)36-10-9-32-14-19(36)15-38-27/h3-6,11-13,19,32,37H,7-10,14-17H2,1-2H3/t19-/m0/s1. The maximum absolute atomic E-state index is 10.6. The van der Waals surface area contributed by atoms with Crippen LogP contribution >= 0.6 is 11.6 Å². The molecule has 1 atom stereocenters. The van der Waals surface area contributed by atoms with Gasteiger partial charge in [0.15, 0.2) is 5.75 Å². The summed E-state index contributed by atoms with van der Waals surface area (Å²) in [5.74, 6) is 1.57. The zero-order valence-corrected chi connectivity index (χ0v) is 23.0. The van der Waals surface area contributed by atoms with Crippen LogP contribution in [0.25, 0.3) is 32.8 Å². The van der Waals surface area contributed by atoms with Gasteiger partial charge in [-0.2, -0.15) is 9.97 Å². The van der Waals surface area contributed by atoms with Gasteiger partial charge in [-0.1, -0.05) is 35.9 Å². The van der Waals surface area contributed by atoms with Crippen LogP contribution in [0.2, 0.25) is 5.02 Å². The first kappa shape index (κ1) is 24.7. The first-order valence-electron chi connectivity index (χ1n) is 13.5. The summed E-state index contributed by atoms with van der Waals surface area (Å²) >= 11 is 7.14. The van der Waals surface area contributed by atoms with Crippen molar-refractivity contribution in [2.75, 3.05) is 58.4 Å². The summed E-state index contributed by atoms with van der Waals surface area (Å²) in [6.07, 6.45) is 2.29. The number of piperazine rings is 1. The minimum absolute atomic E-state index is 0.113. The van der Waals surface area contributed by atoms with Gasteiger partial charge in [-0.25, -0.2) is 0 Å². The predicted molar refractivity (Wildman–Crippen MR) is 154 cm³/mol. The Bertz CT molecular complexity index is 1590. The minimum Gasteiger partial charge on any atom is -0.508 e. The molecule has 0 unspecified atom stereocenters. The predicted octanol–water partition coefficient (Wildman–Crippen LogP) is 4.70. The molecule has 0 bridgehead atoms. The molecule has 3 aromatic carbocycles. The molecule has 1 aromatic heterocycles. The lowest BCUT2D eigenvalue weighted by Crippen LogP contribution is -2.53. The maximum atomic E-state index is 10.6. The molecular formula is C30H32ClN5O3. The third kappa shape index (κ3) is 4.40. The van der Waals surface area contributed by atoms with E-state index in [0.717, 1.165) is 72.1 Å². The van der Waals surface area contributed by atoms with Gasteiger partial charge in [-0.15, -0.1) is 0 Å². The molecular weight excluding hydrogens is 514 g/mol. The van der Waals surface area contributed by atoms with Crippen LogP contribution < -0.4 is 19.7 Å². The second kappa shape index (κ2) is 9.40. The van der Waals surface area contributed by atoms with Crippen LogP contribution in [-0.2, 0) is 0 Å². The van der Waals surface area contributed by atoms with E-state index in [1.165, 1.54) is 0 Å². The number of halogens is 1. The Morgan fingerprint density at radius 3 is 2.85 bits per heavy atom. The Kier molecular flexibility index (Phi) is 5.95. The van der Waals surface area contributed by atoms with Crippen molar-refractivity contribution >= 4 is 39.1 Å². The van der Waals surface area contributed by atoms with Crippen molar-refractivity contribution in [1.29, 1.82) is 0 Å². The third-order valence-electron chi connectivity index (χ3n) is 8.14. The van der Waals surface area contributed by atoms with E-state index < -0.39 is 0 Å². The van der Waals surface area contributed by atoms with Crippen LogP contribution in [0, 0.1) is 5.41 Å². The third-order valence-corrected chi connectivity index (χ3v) is 8.51. The highest BCUT2D eigenvalue weighted by atomic mass is 35.5. The molecule has 9 heteroatoms. The number of fused-ring (bicyclic) bond motifs is 3. The van der Waals surface area contributed by atoms with E-state index in [9.17, 15) is 5.11 Å². The normalized spacial score (nSPS) is 19.6. The Labute approximate surface area is 232 Å². The molecule has 3 aliphatic rings. The number of ether oxygens (including phenoxy) is 2. The molecule has 2 N–H and O–H groups in total. The van der Waals surface area contributed by atoms with Crippen molar-refractivity contribution < 1.29 is 14.6 Å². The second-order valence-electron chi connectivity index (χ2n) is 11.4. The van der Waals surface area contributed by atoms with E-state index in [1.54, 1.807) is 12.1 Å². The summed E-state index contributed by atoms with van der Waals surface area (Å²) < 4.78 is 12.8. The van der Waals surface area contributed by atoms with E-state index in [2.05, 4.69) is 29.2 Å². The van der Waals surface area contributed by atoms with E-state index >= 15 is 0 Å². The molecule has 4 aromatic rings. The highest BCUT2D eigenvalue weighted by Gasteiger charge is 2.44. The number of nitrogens with one attached hydrogen (secondary N) is 1. The first-order valence-corrected chi connectivity index (χ1v) is 13.9. The van der Waals surface area contributed by atoms with Crippen LogP contribution in [0.5, 0.6) is 17.5 Å². The fraction of sp³-hybridized carbons (Fsp3) is 0.400. The monoisotopic (exact) mass is 545 g/mol. The molecule has 8 nitrogen and oxygen atoms in total. The fourth-order valence-corrected chi connectivity index (χ4v) is 6.41. The summed E-state index contributed by atoms with van der Waals surface area (Å²) in [4.78, 5) is 14.4. The van der Waals surface area contributed by atoms with Gasteiger partial charge in [0.1, 0.15) is 18.2 Å². The van der Waals surface area contributed by atoms with E-state index in [1.807, 2.05) is 30.3 Å². The van der Waals surface area contributed by atoms with Gasteiger partial charge in [-0.05, 0) is 61.5 Å². The molecule has 0 spiro atoms. The average molecular weight is 546 g/mol. The first-order chi connectivity index (χ1) is 18.9. The second-order valence-corrected chi connectivity index (χ2v) is 11.8. The molecule has 7 rings (SSSR count). The van der Waals surface area contributed by atoms with Gasteiger partial charge < -0.3 is 29.7 Å². The lowest BCUT2D eigenvalue weighted by molar-refractivity contribution is 0.183. The van der Waals surface area contributed by atoms with Gasteiger partial charge in [0, 0.05) is 37.2 Å². The summed E-state index contributed by atoms with van der Waals surface area (Å²) in [6, 6.07) is 14.0. The summed E-state index contributed by atoms with van der Waals surface area (Å²) in [5, 5.41) is 17.3. The van der Waals surface area contributed by atoms with Gasteiger partial charge in [0.25, 0.3) is 0 Å². The van der Waals surface area contributed by atoms with Crippen molar-refractivity contribution in [1.82, 2.24) is 20.2 Å². The number of aromatic hydroxyl groups is 1. The van der Waals surface area contributed by atoms with Crippen molar-refractivity contribution in [3.8, 4) is 28.6 Å². The van der Waals surface area contributed by atoms with Crippen LogP contribution in [0.4, 0.5) is 5.82 Å². The summed E-state index contributed by atoms with van der Waals surface area (Å²) in [6.45, 7) is 4.51. The lowest BCUT2D eigenvalue weighted by atomic mass is 9.96. The molecule has 1 aliphatic carbocycles. The van der Waals surface area contributed by atoms with Gasteiger partial charge in [-0.3, -0.25) is 0 Å². The molecule has 1 saturated carbocycles. The van der Waals surface area contributed by atoms with E-state index in [0.29, 0.717) is 35.5 Å². The zero-order chi connectivity index (χ0) is 26.7. The highest BCUT2D eigenvalue weighted by Crippen LogP contribution is 2.49. The van der Waals surface area contributed by atoms with Crippen LogP contribution in [0.3, 0.4) is 0 Å². The number of anilines is 1. The molecule has 1 saturated heterocycles. The molecule has 0 amide bonds. The number of nitrogens with zero attached hydrogens (tertiary/aromatic N) is 4. The molecule has 39 heavy (non-hydrogen) atoms. The van der Waals surface area contributed by atoms with Gasteiger partial charge in [0.05, 0.1) is 28.6 Å². The van der Waals surface area contributed by atoms with E-state index in [4.69, 9.17) is 31.0 Å². The SMILES string of the molecule is CN(C)CC1(COc2nc3c4c(c(Cl)c(-c5cc(O)cc6ccccc56)cc4n2)OC[C@@H]2CNCCN32)CC1. The van der Waals surface area contributed by atoms with Crippen LogP contribution in [0.1, 0.15) is 12.8 Å². The number of hydrogen-bond donors (Lipinski definition) is 2. The van der Waals surface area contributed by atoms with E-state index in [-0.39, 0.29) is 17.2 Å². The molecule has 2 aliphatic heterocycles. The number of hydrogen-bond acceptors (Lipinski definition) is 8. The summed E-state index contributed by atoms with van der Waals surface area (Å²) in [5.41, 5.74) is 2.46. The zero-order valence-electron chi connectivity index (χ0n) is 22.2. The Morgan fingerprint density at radius 2 is 2.03 bits per heavy atom. The minimum atomic E-state index is 0.113. The lowest BCUT2D eigenvalue weighted by Gasteiger charge is -2.35. The van der Waals surface area contributed by atoms with Gasteiger partial charge in [0.2, 0.25) is 0 Å². The van der Waals surface area contributed by atoms with Crippen LogP contribution in [0.15, 0.2) is 42.5 Å². The number of phenols is 1. The number of aromatic nitrogens is 2. The maximum Gasteiger partial charge on any atom is 0.318 e. The Balaban J connectivity index is 1.41. The van der Waals surface area contributed by atoms with Crippen molar-refractivity contribution in [2.24, 2.45) is 5.41 Å². The molecule has 202 valence electrons. The highest BCUT2D eigenvalue weighted by molar-refractivity contribution is 6.37. The number of rotatable bonds is 6. The van der Waals surface area contributed by atoms with Crippen molar-refractivity contribution in [3.05, 3.63) is 47.5 Å². The largest absolute Gasteiger partial charge is 0.508 e. The average Bonchev–Trinajstić information content (AvgIpc) is 3.71. The smallest absolute Gasteiger partial charge is 0.318 e. The molecule has 2 fully saturated rings. The Hall–Kier alpha value is -3.33. The molecule has 3 heterocycles. The number of phenolic OH excluding ortho intramolecular Hbond substituents is 1. The fourth-order valence-electron chi connectivity index (χ4n) is 6.10. The van der Waals surface area contributed by atoms with Crippen molar-refractivity contribution in [3.63, 3.8) is 0 Å². The topological polar surface area (TPSA) is 83.0 Å². The quantitative estimate of drug-likeness (QED) is 0.361. The van der Waals surface area contributed by atoms with Crippen molar-refractivity contribution in [2.45, 2.75) is 18.9 Å². The number of benzene rings is 3.